The predicted octanol–water partition coefficient (Wildman–Crippen LogP) is 4.36. The molecule has 0 bridgehead atoms. The van der Waals surface area contributed by atoms with E-state index >= 15 is 0 Å². The molecule has 0 saturated heterocycles. The second-order valence-electron chi connectivity index (χ2n) is 1.97. The van der Waals surface area contributed by atoms with Gasteiger partial charge in [0.2, 0.25) is 0 Å². The second kappa shape index (κ2) is 6.26. The lowest BCUT2D eigenvalue weighted by Gasteiger charge is -1.91. The monoisotopic (exact) mass is 314 g/mol. The third-order valence-electron chi connectivity index (χ3n) is 0.827. The Morgan fingerprint density at radius 2 is 0.929 bits per heavy atom. The first kappa shape index (κ1) is 14.6. The molecule has 0 aliphatic rings. The molecule has 0 spiro atoms. The Morgan fingerprint density at radius 3 is 1.07 bits per heavy atom. The fourth-order valence-corrected chi connectivity index (χ4v) is 1.39. The van der Waals surface area contributed by atoms with Crippen molar-refractivity contribution < 1.29 is 8.42 Å². The average Bonchev–Trinajstić information content (AvgIpc) is 1.77. The largest absolute Gasteiger partial charge is 0.317 e. The molecule has 0 aliphatic heterocycles. The van der Waals surface area contributed by atoms with E-state index in [1.807, 2.05) is 0 Å². The van der Waals surface area contributed by atoms with Crippen molar-refractivity contribution in [3.63, 3.8) is 0 Å². The minimum atomic E-state index is -3.72. The Balaban J connectivity index is 0.000000292. The lowest BCUT2D eigenvalue weighted by Crippen LogP contribution is -1.65. The summed E-state index contributed by atoms with van der Waals surface area (Å²) in [7, 11) is 4.81. The Morgan fingerprint density at radius 1 is 0.786 bits per heavy atom. The second-order valence-corrected chi connectivity index (χ2v) is 6.94. The molecule has 1 aromatic carbocycles. The van der Waals surface area contributed by atoms with Crippen molar-refractivity contribution >= 4 is 64.4 Å². The van der Waals surface area contributed by atoms with Crippen LogP contribution >= 0.6 is 56.2 Å². The van der Waals surface area contributed by atoms with E-state index in [9.17, 15) is 0 Å². The fraction of sp³-hybridized carbons (Fsp3) is 0. The lowest BCUT2D eigenvalue weighted by atomic mass is 10.4. The van der Waals surface area contributed by atoms with Crippen LogP contribution in [0.5, 0.6) is 0 Å². The Labute approximate surface area is 106 Å². The zero-order chi connectivity index (χ0) is 11.4. The highest BCUT2D eigenvalue weighted by atomic mass is 36.0. The third kappa shape index (κ3) is 10.7. The third-order valence-corrected chi connectivity index (χ3v) is 1.48. The van der Waals surface area contributed by atoms with Gasteiger partial charge >= 0.3 is 8.26 Å². The van der Waals surface area contributed by atoms with Crippen molar-refractivity contribution in [2.24, 2.45) is 0 Å². The maximum absolute atomic E-state index is 9.16. The number of hydrogen-bond acceptors (Lipinski definition) is 2. The zero-order valence-electron chi connectivity index (χ0n) is 6.35. The van der Waals surface area contributed by atoms with E-state index in [0.29, 0.717) is 15.1 Å². The van der Waals surface area contributed by atoms with Crippen molar-refractivity contribution in [2.75, 3.05) is 0 Å². The quantitative estimate of drug-likeness (QED) is 0.667. The first-order valence-corrected chi connectivity index (χ1v) is 7.21. The molecule has 0 amide bonds. The maximum atomic E-state index is 9.16. The van der Waals surface area contributed by atoms with Gasteiger partial charge in [-0.1, -0.05) is 34.8 Å². The van der Waals surface area contributed by atoms with Crippen LogP contribution in [0.3, 0.4) is 0 Å². The normalized spacial score (nSPS) is 10.4. The van der Waals surface area contributed by atoms with Crippen LogP contribution in [0, 0.1) is 0 Å². The van der Waals surface area contributed by atoms with Gasteiger partial charge in [-0.05, 0) is 18.2 Å². The summed E-state index contributed by atoms with van der Waals surface area (Å²) >= 11 is 16.7. The van der Waals surface area contributed by atoms with Crippen LogP contribution in [0.25, 0.3) is 0 Å². The molecule has 8 heteroatoms. The minimum Gasteiger partial charge on any atom is -0.195 e. The lowest BCUT2D eigenvalue weighted by molar-refractivity contribution is 0.621. The molecule has 14 heavy (non-hydrogen) atoms. The molecule has 0 fully saturated rings. The van der Waals surface area contributed by atoms with E-state index in [1.165, 1.54) is 0 Å². The van der Waals surface area contributed by atoms with Gasteiger partial charge in [0.05, 0.1) is 0 Å². The molecule has 2 nitrogen and oxygen atoms in total. The number of halogens is 5. The molecule has 0 heterocycles. The van der Waals surface area contributed by atoms with Crippen molar-refractivity contribution in [3.05, 3.63) is 33.3 Å². The SMILES string of the molecule is Clc1cc(Cl)cc(Cl)c1.O=S(=O)(Cl)Cl. The van der Waals surface area contributed by atoms with Gasteiger partial charge in [0.25, 0.3) is 0 Å². The van der Waals surface area contributed by atoms with E-state index in [2.05, 4.69) is 21.4 Å². The molecule has 80 valence electrons. The maximum Gasteiger partial charge on any atom is 0.317 e. The van der Waals surface area contributed by atoms with E-state index in [1.54, 1.807) is 18.2 Å². The first-order chi connectivity index (χ1) is 6.18. The van der Waals surface area contributed by atoms with Crippen LogP contribution in [-0.2, 0) is 8.26 Å². The molecule has 0 radical (unpaired) electrons. The summed E-state index contributed by atoms with van der Waals surface area (Å²) in [4.78, 5) is 0. The van der Waals surface area contributed by atoms with Gasteiger partial charge in [-0.2, -0.15) is 8.42 Å². The molecule has 0 N–H and O–H groups in total. The van der Waals surface area contributed by atoms with Gasteiger partial charge in [-0.3, -0.25) is 0 Å². The number of rotatable bonds is 0. The van der Waals surface area contributed by atoms with E-state index < -0.39 is 8.26 Å². The molecule has 0 aliphatic carbocycles. The molecule has 0 unspecified atom stereocenters. The predicted molar refractivity (Wildman–Crippen MR) is 62.1 cm³/mol. The molecule has 0 atom stereocenters. The molecular formula is C6H3Cl5O2S. The zero-order valence-corrected chi connectivity index (χ0v) is 10.9. The van der Waals surface area contributed by atoms with Crippen LogP contribution in [-0.4, -0.2) is 8.42 Å². The summed E-state index contributed by atoms with van der Waals surface area (Å²) in [6, 6.07) is 4.90. The van der Waals surface area contributed by atoms with Crippen LogP contribution in [0.1, 0.15) is 0 Å². The summed E-state index contributed by atoms with van der Waals surface area (Å²) in [5.41, 5.74) is 0. The average molecular weight is 316 g/mol. The van der Waals surface area contributed by atoms with Gasteiger partial charge in [0.15, 0.2) is 0 Å². The minimum absolute atomic E-state index is 0.563. The standard InChI is InChI=1S/C6H3Cl3.Cl2O2S/c7-4-1-5(8)3-6(9)2-4;1-5(2,3)4/h1-3H;. The Hall–Kier alpha value is 0.620. The molecule has 1 aromatic rings. The van der Waals surface area contributed by atoms with Crippen molar-refractivity contribution in [2.45, 2.75) is 0 Å². The Kier molecular flexibility index (Phi) is 6.53. The van der Waals surface area contributed by atoms with Crippen LogP contribution in [0.15, 0.2) is 18.2 Å². The number of benzene rings is 1. The van der Waals surface area contributed by atoms with E-state index in [-0.39, 0.29) is 0 Å². The molecular weight excluding hydrogens is 313 g/mol. The van der Waals surface area contributed by atoms with E-state index in [0.717, 1.165) is 0 Å². The summed E-state index contributed by atoms with van der Waals surface area (Å²) in [5, 5.41) is 1.69. The molecule has 0 aromatic heterocycles. The topological polar surface area (TPSA) is 34.1 Å². The van der Waals surface area contributed by atoms with Gasteiger partial charge in [-0.15, -0.1) is 0 Å². The fourth-order valence-electron chi connectivity index (χ4n) is 0.520. The van der Waals surface area contributed by atoms with Crippen LogP contribution in [0.2, 0.25) is 15.1 Å². The Bertz CT molecular complexity index is 344. The van der Waals surface area contributed by atoms with Gasteiger partial charge < -0.3 is 0 Å². The smallest absolute Gasteiger partial charge is 0.195 e. The summed E-state index contributed by atoms with van der Waals surface area (Å²) in [6.45, 7) is 0. The van der Waals surface area contributed by atoms with Gasteiger partial charge in [-0.25, -0.2) is 0 Å². The highest BCUT2D eigenvalue weighted by molar-refractivity contribution is 8.31. The molecule has 0 saturated carbocycles. The first-order valence-electron chi connectivity index (χ1n) is 2.94. The highest BCUT2D eigenvalue weighted by Gasteiger charge is 1.92. The summed E-state index contributed by atoms with van der Waals surface area (Å²) < 4.78 is 18.3. The van der Waals surface area contributed by atoms with E-state index in [4.69, 9.17) is 43.2 Å². The van der Waals surface area contributed by atoms with Crippen molar-refractivity contribution in [3.8, 4) is 0 Å². The van der Waals surface area contributed by atoms with Crippen LogP contribution in [0.4, 0.5) is 0 Å². The summed E-state index contributed by atoms with van der Waals surface area (Å²) in [6.07, 6.45) is 0. The summed E-state index contributed by atoms with van der Waals surface area (Å²) in [5.74, 6) is 0. The van der Waals surface area contributed by atoms with Gasteiger partial charge in [0.1, 0.15) is 0 Å². The van der Waals surface area contributed by atoms with Crippen LogP contribution < -0.4 is 0 Å². The van der Waals surface area contributed by atoms with Crippen molar-refractivity contribution in [1.29, 1.82) is 0 Å². The van der Waals surface area contributed by atoms with Crippen molar-refractivity contribution in [1.82, 2.24) is 0 Å². The molecule has 1 rings (SSSR count). The van der Waals surface area contributed by atoms with Gasteiger partial charge in [0, 0.05) is 36.4 Å². The number of hydrogen-bond donors (Lipinski definition) is 0. The highest BCUT2D eigenvalue weighted by Crippen LogP contribution is 2.21.